The number of pyridine rings is 1. The van der Waals surface area contributed by atoms with E-state index in [0.29, 0.717) is 18.0 Å². The molecule has 1 fully saturated rings. The molecule has 1 aliphatic heterocycles. The lowest BCUT2D eigenvalue weighted by Crippen LogP contribution is -2.32. The van der Waals surface area contributed by atoms with Crippen LogP contribution in [0.4, 0.5) is 0 Å². The van der Waals surface area contributed by atoms with Crippen molar-refractivity contribution in [2.24, 2.45) is 5.92 Å². The van der Waals surface area contributed by atoms with Crippen molar-refractivity contribution in [2.75, 3.05) is 20.1 Å². The van der Waals surface area contributed by atoms with Crippen molar-refractivity contribution in [1.29, 1.82) is 0 Å². The molecule has 2 atom stereocenters. The molecule has 4 heteroatoms. The van der Waals surface area contributed by atoms with Crippen LogP contribution in [0.1, 0.15) is 32.0 Å². The maximum atomic E-state index is 4.57. The van der Waals surface area contributed by atoms with Gasteiger partial charge in [-0.25, -0.2) is 0 Å². The first kappa shape index (κ1) is 14.0. The lowest BCUT2D eigenvalue weighted by molar-refractivity contribution is 0.264. The Hall–Kier alpha value is -0.450. The number of aromatic nitrogens is 1. The zero-order valence-corrected chi connectivity index (χ0v) is 12.9. The van der Waals surface area contributed by atoms with Gasteiger partial charge in [-0.05, 0) is 54.0 Å². The van der Waals surface area contributed by atoms with Crippen molar-refractivity contribution >= 4 is 15.9 Å². The van der Waals surface area contributed by atoms with E-state index in [4.69, 9.17) is 0 Å². The van der Waals surface area contributed by atoms with Gasteiger partial charge in [0.2, 0.25) is 0 Å². The highest BCUT2D eigenvalue weighted by Crippen LogP contribution is 2.34. The molecule has 0 amide bonds. The summed E-state index contributed by atoms with van der Waals surface area (Å²) >= 11 is 3.45. The number of rotatable bonds is 4. The SMILES string of the molecule is CC(C)NCC1CCN(C)C1c1ccc(Br)cn1. The fourth-order valence-electron chi connectivity index (χ4n) is 2.66. The first-order valence-corrected chi connectivity index (χ1v) is 7.42. The smallest absolute Gasteiger partial charge is 0.0579 e. The molecule has 1 N–H and O–H groups in total. The van der Waals surface area contributed by atoms with E-state index in [0.717, 1.165) is 17.6 Å². The van der Waals surface area contributed by atoms with Crippen LogP contribution < -0.4 is 5.32 Å². The molecule has 2 unspecified atom stereocenters. The van der Waals surface area contributed by atoms with Gasteiger partial charge in [0.05, 0.1) is 11.7 Å². The second-order valence-corrected chi connectivity index (χ2v) is 6.35. The lowest BCUT2D eigenvalue weighted by Gasteiger charge is -2.25. The van der Waals surface area contributed by atoms with E-state index in [9.17, 15) is 0 Å². The van der Waals surface area contributed by atoms with Gasteiger partial charge in [-0.1, -0.05) is 13.8 Å². The molecule has 0 aromatic carbocycles. The number of hydrogen-bond acceptors (Lipinski definition) is 3. The molecule has 0 aliphatic carbocycles. The zero-order chi connectivity index (χ0) is 13.1. The van der Waals surface area contributed by atoms with E-state index < -0.39 is 0 Å². The van der Waals surface area contributed by atoms with E-state index in [1.54, 1.807) is 0 Å². The average Bonchev–Trinajstić information content (AvgIpc) is 2.69. The third-order valence-electron chi connectivity index (χ3n) is 3.62. The molecule has 1 aliphatic rings. The molecule has 0 spiro atoms. The third kappa shape index (κ3) is 3.31. The highest BCUT2D eigenvalue weighted by Gasteiger charge is 2.33. The van der Waals surface area contributed by atoms with Gasteiger partial charge in [0.15, 0.2) is 0 Å². The minimum Gasteiger partial charge on any atom is -0.314 e. The van der Waals surface area contributed by atoms with E-state index in [2.05, 4.69) is 64.2 Å². The molecule has 3 nitrogen and oxygen atoms in total. The molecule has 1 aromatic rings. The first-order chi connectivity index (χ1) is 8.58. The topological polar surface area (TPSA) is 28.2 Å². The summed E-state index contributed by atoms with van der Waals surface area (Å²) < 4.78 is 1.05. The van der Waals surface area contributed by atoms with E-state index in [-0.39, 0.29) is 0 Å². The Labute approximate surface area is 118 Å². The van der Waals surface area contributed by atoms with Crippen molar-refractivity contribution in [3.63, 3.8) is 0 Å². The second kappa shape index (κ2) is 6.13. The van der Waals surface area contributed by atoms with E-state index in [1.165, 1.54) is 12.1 Å². The number of likely N-dealkylation sites (tertiary alicyclic amines) is 1. The van der Waals surface area contributed by atoms with Crippen LogP contribution in [-0.2, 0) is 0 Å². The number of hydrogen-bond donors (Lipinski definition) is 1. The van der Waals surface area contributed by atoms with Crippen LogP contribution in [0.15, 0.2) is 22.8 Å². The fraction of sp³-hybridized carbons (Fsp3) is 0.643. The molecular weight excluding hydrogens is 290 g/mol. The zero-order valence-electron chi connectivity index (χ0n) is 11.4. The summed E-state index contributed by atoms with van der Waals surface area (Å²) in [6.07, 6.45) is 3.15. The fourth-order valence-corrected chi connectivity index (χ4v) is 2.89. The average molecular weight is 312 g/mol. The highest BCUT2D eigenvalue weighted by atomic mass is 79.9. The predicted molar refractivity (Wildman–Crippen MR) is 78.6 cm³/mol. The first-order valence-electron chi connectivity index (χ1n) is 6.63. The standard InChI is InChI=1S/C14H22BrN3/c1-10(2)16-8-11-6-7-18(3)14(11)13-5-4-12(15)9-17-13/h4-5,9-11,14,16H,6-8H2,1-3H3. The molecule has 1 aromatic heterocycles. The molecular formula is C14H22BrN3. The predicted octanol–water partition coefficient (Wildman–Crippen LogP) is 2.83. The Morgan fingerprint density at radius 3 is 2.89 bits per heavy atom. The van der Waals surface area contributed by atoms with Crippen molar-refractivity contribution in [2.45, 2.75) is 32.4 Å². The minimum atomic E-state index is 0.448. The maximum absolute atomic E-state index is 4.57. The van der Waals surface area contributed by atoms with Gasteiger partial charge in [-0.2, -0.15) is 0 Å². The molecule has 2 heterocycles. The van der Waals surface area contributed by atoms with Crippen LogP contribution in [-0.4, -0.2) is 36.1 Å². The van der Waals surface area contributed by atoms with Gasteiger partial charge in [0, 0.05) is 23.3 Å². The van der Waals surface area contributed by atoms with Crippen LogP contribution in [0, 0.1) is 5.92 Å². The lowest BCUT2D eigenvalue weighted by atomic mass is 9.97. The van der Waals surface area contributed by atoms with Crippen molar-refractivity contribution < 1.29 is 0 Å². The van der Waals surface area contributed by atoms with Crippen molar-refractivity contribution in [3.8, 4) is 0 Å². The summed E-state index contributed by atoms with van der Waals surface area (Å²) in [6.45, 7) is 6.63. The molecule has 0 bridgehead atoms. The molecule has 1 saturated heterocycles. The summed E-state index contributed by atoms with van der Waals surface area (Å²) in [7, 11) is 2.20. The van der Waals surface area contributed by atoms with Gasteiger partial charge in [-0.15, -0.1) is 0 Å². The van der Waals surface area contributed by atoms with Gasteiger partial charge in [0.25, 0.3) is 0 Å². The molecule has 18 heavy (non-hydrogen) atoms. The van der Waals surface area contributed by atoms with Gasteiger partial charge < -0.3 is 5.32 Å². The minimum absolute atomic E-state index is 0.448. The Morgan fingerprint density at radius 2 is 2.28 bits per heavy atom. The van der Waals surface area contributed by atoms with Gasteiger partial charge in [0.1, 0.15) is 0 Å². The molecule has 0 saturated carbocycles. The normalized spacial score (nSPS) is 24.9. The Bertz CT molecular complexity index is 377. The summed E-state index contributed by atoms with van der Waals surface area (Å²) in [5.74, 6) is 0.658. The van der Waals surface area contributed by atoms with E-state index in [1.807, 2.05) is 6.20 Å². The Morgan fingerprint density at radius 1 is 1.50 bits per heavy atom. The molecule has 2 rings (SSSR count). The van der Waals surface area contributed by atoms with E-state index >= 15 is 0 Å². The van der Waals surface area contributed by atoms with Gasteiger partial charge in [-0.3, -0.25) is 9.88 Å². The second-order valence-electron chi connectivity index (χ2n) is 5.44. The summed E-state index contributed by atoms with van der Waals surface area (Å²) in [5.41, 5.74) is 1.19. The summed E-state index contributed by atoms with van der Waals surface area (Å²) in [4.78, 5) is 6.99. The largest absolute Gasteiger partial charge is 0.314 e. The molecule has 0 radical (unpaired) electrons. The van der Waals surface area contributed by atoms with Crippen molar-refractivity contribution in [3.05, 3.63) is 28.5 Å². The van der Waals surface area contributed by atoms with Crippen LogP contribution >= 0.6 is 15.9 Å². The third-order valence-corrected chi connectivity index (χ3v) is 4.08. The van der Waals surface area contributed by atoms with Crippen LogP contribution in [0.2, 0.25) is 0 Å². The number of nitrogens with zero attached hydrogens (tertiary/aromatic N) is 2. The van der Waals surface area contributed by atoms with Crippen LogP contribution in [0.5, 0.6) is 0 Å². The van der Waals surface area contributed by atoms with Crippen molar-refractivity contribution in [1.82, 2.24) is 15.2 Å². The van der Waals surface area contributed by atoms with Crippen LogP contribution in [0.25, 0.3) is 0 Å². The summed E-state index contributed by atoms with van der Waals surface area (Å²) in [6, 6.07) is 5.22. The Balaban J connectivity index is 2.09. The Kier molecular flexibility index (Phi) is 4.76. The number of nitrogens with one attached hydrogen (secondary N) is 1. The maximum Gasteiger partial charge on any atom is 0.0579 e. The summed E-state index contributed by atoms with van der Waals surface area (Å²) in [5, 5.41) is 3.56. The molecule has 100 valence electrons. The van der Waals surface area contributed by atoms with Gasteiger partial charge >= 0.3 is 0 Å². The number of halogens is 1. The van der Waals surface area contributed by atoms with Crippen LogP contribution in [0.3, 0.4) is 0 Å². The quantitative estimate of drug-likeness (QED) is 0.927. The highest BCUT2D eigenvalue weighted by molar-refractivity contribution is 9.10. The monoisotopic (exact) mass is 311 g/mol.